The van der Waals surface area contributed by atoms with E-state index in [4.69, 9.17) is 4.74 Å². The van der Waals surface area contributed by atoms with Crippen LogP contribution in [0, 0.1) is 5.92 Å². The number of esters is 1. The van der Waals surface area contributed by atoms with Crippen LogP contribution >= 0.6 is 0 Å². The molecule has 1 saturated heterocycles. The Morgan fingerprint density at radius 2 is 2.10 bits per heavy atom. The highest BCUT2D eigenvalue weighted by Crippen LogP contribution is 2.23. The van der Waals surface area contributed by atoms with Gasteiger partial charge in [0.1, 0.15) is 0 Å². The van der Waals surface area contributed by atoms with Crippen LogP contribution < -0.4 is 0 Å². The third kappa shape index (κ3) is 3.38. The molecule has 108 valence electrons. The Kier molecular flexibility index (Phi) is 4.77. The first-order chi connectivity index (χ1) is 9.61. The third-order valence-electron chi connectivity index (χ3n) is 3.92. The first kappa shape index (κ1) is 14.6. The summed E-state index contributed by atoms with van der Waals surface area (Å²) in [4.78, 5) is 25.3. The second kappa shape index (κ2) is 6.55. The van der Waals surface area contributed by atoms with Crippen LogP contribution in [0.15, 0.2) is 30.3 Å². The van der Waals surface area contributed by atoms with Crippen LogP contribution in [0.3, 0.4) is 0 Å². The predicted octanol–water partition coefficient (Wildman–Crippen LogP) is 2.03. The Bertz CT molecular complexity index is 472. The number of likely N-dealkylation sites (tertiary alicyclic amines) is 1. The molecule has 2 rings (SSSR count). The molecule has 4 heteroatoms. The van der Waals surface area contributed by atoms with Crippen molar-refractivity contribution in [2.75, 3.05) is 13.7 Å². The fraction of sp³-hybridized carbons (Fsp3) is 0.500. The highest BCUT2D eigenvalue weighted by Gasteiger charge is 2.36. The van der Waals surface area contributed by atoms with Gasteiger partial charge < -0.3 is 9.64 Å². The zero-order valence-corrected chi connectivity index (χ0v) is 12.0. The Hall–Kier alpha value is -1.84. The molecule has 20 heavy (non-hydrogen) atoms. The minimum atomic E-state index is -0.299. The van der Waals surface area contributed by atoms with E-state index in [2.05, 4.69) is 12.1 Å². The number of nitrogens with zero attached hydrogens (tertiary/aromatic N) is 1. The second-order valence-electron chi connectivity index (χ2n) is 5.34. The lowest BCUT2D eigenvalue weighted by atomic mass is 10.1. The van der Waals surface area contributed by atoms with Crippen LogP contribution in [0.2, 0.25) is 0 Å². The summed E-state index contributed by atoms with van der Waals surface area (Å²) in [6, 6.07) is 10.4. The average Bonchev–Trinajstić information content (AvgIpc) is 2.87. The first-order valence-corrected chi connectivity index (χ1v) is 7.03. The summed E-state index contributed by atoms with van der Waals surface area (Å²) in [5.74, 6) is -0.524. The summed E-state index contributed by atoms with van der Waals surface area (Å²) in [7, 11) is 1.37. The van der Waals surface area contributed by atoms with Crippen LogP contribution in [0.4, 0.5) is 0 Å². The smallest absolute Gasteiger partial charge is 0.310 e. The summed E-state index contributed by atoms with van der Waals surface area (Å²) in [6.07, 6.45) is 2.13. The lowest BCUT2D eigenvalue weighted by Crippen LogP contribution is -2.35. The zero-order valence-electron chi connectivity index (χ0n) is 12.0. The lowest BCUT2D eigenvalue weighted by Gasteiger charge is -2.24. The van der Waals surface area contributed by atoms with E-state index >= 15 is 0 Å². The molecular formula is C16H21NO3. The molecule has 0 spiro atoms. The van der Waals surface area contributed by atoms with Crippen LogP contribution in [-0.2, 0) is 20.7 Å². The number of carbonyl (C=O) groups excluding carboxylic acids is 2. The largest absolute Gasteiger partial charge is 0.469 e. The second-order valence-corrected chi connectivity index (χ2v) is 5.34. The van der Waals surface area contributed by atoms with Gasteiger partial charge in [-0.3, -0.25) is 9.59 Å². The van der Waals surface area contributed by atoms with Gasteiger partial charge in [-0.15, -0.1) is 0 Å². The molecule has 4 nitrogen and oxygen atoms in total. The summed E-state index contributed by atoms with van der Waals surface area (Å²) in [6.45, 7) is 2.53. The number of rotatable bonds is 5. The average molecular weight is 275 g/mol. The molecule has 1 aliphatic heterocycles. The van der Waals surface area contributed by atoms with Gasteiger partial charge in [0.05, 0.1) is 13.0 Å². The van der Waals surface area contributed by atoms with Gasteiger partial charge in [-0.05, 0) is 25.3 Å². The fourth-order valence-corrected chi connectivity index (χ4v) is 2.66. The van der Waals surface area contributed by atoms with E-state index in [1.165, 1.54) is 12.7 Å². The molecule has 2 atom stereocenters. The Morgan fingerprint density at radius 3 is 2.75 bits per heavy atom. The van der Waals surface area contributed by atoms with E-state index in [-0.39, 0.29) is 30.3 Å². The molecule has 0 aromatic heterocycles. The first-order valence-electron chi connectivity index (χ1n) is 7.03. The fourth-order valence-electron chi connectivity index (χ4n) is 2.66. The van der Waals surface area contributed by atoms with Crippen LogP contribution in [-0.4, -0.2) is 36.5 Å². The van der Waals surface area contributed by atoms with Gasteiger partial charge in [-0.25, -0.2) is 0 Å². The predicted molar refractivity (Wildman–Crippen MR) is 76.1 cm³/mol. The standard InChI is InChI=1S/C16H21NO3/c1-12(8-9-13-6-4-3-5-7-13)17-11-14(10-15(17)18)16(19)20-2/h3-7,12,14H,8-11H2,1-2H3. The molecule has 0 radical (unpaired) electrons. The summed E-state index contributed by atoms with van der Waals surface area (Å²) < 4.78 is 4.72. The number of carbonyl (C=O) groups is 2. The lowest BCUT2D eigenvalue weighted by molar-refractivity contribution is -0.145. The molecule has 1 aromatic rings. The minimum absolute atomic E-state index is 0.0564. The number of hydrogen-bond acceptors (Lipinski definition) is 3. The van der Waals surface area contributed by atoms with Gasteiger partial charge >= 0.3 is 5.97 Å². The van der Waals surface area contributed by atoms with E-state index in [0.29, 0.717) is 6.54 Å². The van der Waals surface area contributed by atoms with Gasteiger partial charge in [0.25, 0.3) is 0 Å². The van der Waals surface area contributed by atoms with E-state index in [9.17, 15) is 9.59 Å². The zero-order chi connectivity index (χ0) is 14.5. The van der Waals surface area contributed by atoms with Crippen molar-refractivity contribution in [2.24, 2.45) is 5.92 Å². The van der Waals surface area contributed by atoms with Crippen molar-refractivity contribution < 1.29 is 14.3 Å². The highest BCUT2D eigenvalue weighted by molar-refractivity contribution is 5.86. The molecule has 1 heterocycles. The molecule has 0 aliphatic carbocycles. The van der Waals surface area contributed by atoms with E-state index < -0.39 is 0 Å². The monoisotopic (exact) mass is 275 g/mol. The van der Waals surface area contributed by atoms with Crippen molar-refractivity contribution in [2.45, 2.75) is 32.2 Å². The SMILES string of the molecule is COC(=O)C1CC(=O)N(C(C)CCc2ccccc2)C1. The van der Waals surface area contributed by atoms with Gasteiger partial charge in [0.15, 0.2) is 0 Å². The van der Waals surface area contributed by atoms with Crippen molar-refractivity contribution in [3.63, 3.8) is 0 Å². The molecule has 0 N–H and O–H groups in total. The number of hydrogen-bond donors (Lipinski definition) is 0. The van der Waals surface area contributed by atoms with Gasteiger partial charge in [-0.1, -0.05) is 30.3 Å². The Morgan fingerprint density at radius 1 is 1.40 bits per heavy atom. The number of ether oxygens (including phenoxy) is 1. The Labute approximate surface area is 119 Å². The van der Waals surface area contributed by atoms with E-state index in [1.807, 2.05) is 30.0 Å². The number of methoxy groups -OCH3 is 1. The minimum Gasteiger partial charge on any atom is -0.469 e. The van der Waals surface area contributed by atoms with Gasteiger partial charge in [0.2, 0.25) is 5.91 Å². The maximum Gasteiger partial charge on any atom is 0.310 e. The summed E-state index contributed by atoms with van der Waals surface area (Å²) in [5.41, 5.74) is 1.27. The van der Waals surface area contributed by atoms with Crippen LogP contribution in [0.5, 0.6) is 0 Å². The van der Waals surface area contributed by atoms with Crippen molar-refractivity contribution in [3.8, 4) is 0 Å². The molecule has 0 saturated carbocycles. The van der Waals surface area contributed by atoms with Gasteiger partial charge in [0, 0.05) is 19.0 Å². The van der Waals surface area contributed by atoms with Crippen LogP contribution in [0.1, 0.15) is 25.3 Å². The normalized spacial score (nSPS) is 20.0. The van der Waals surface area contributed by atoms with E-state index in [0.717, 1.165) is 12.8 Å². The van der Waals surface area contributed by atoms with E-state index in [1.54, 1.807) is 0 Å². The molecule has 2 unspecified atom stereocenters. The molecule has 1 amide bonds. The van der Waals surface area contributed by atoms with Crippen molar-refractivity contribution >= 4 is 11.9 Å². The molecule has 1 fully saturated rings. The summed E-state index contributed by atoms with van der Waals surface area (Å²) >= 11 is 0. The molecule has 1 aromatic carbocycles. The number of benzene rings is 1. The number of amides is 1. The quantitative estimate of drug-likeness (QED) is 0.772. The highest BCUT2D eigenvalue weighted by atomic mass is 16.5. The molecule has 1 aliphatic rings. The van der Waals surface area contributed by atoms with Crippen molar-refractivity contribution in [1.29, 1.82) is 0 Å². The van der Waals surface area contributed by atoms with Crippen LogP contribution in [0.25, 0.3) is 0 Å². The van der Waals surface area contributed by atoms with Crippen molar-refractivity contribution in [3.05, 3.63) is 35.9 Å². The van der Waals surface area contributed by atoms with Gasteiger partial charge in [-0.2, -0.15) is 0 Å². The molecular weight excluding hydrogens is 254 g/mol. The summed E-state index contributed by atoms with van der Waals surface area (Å²) in [5, 5.41) is 0. The Balaban J connectivity index is 1.88. The number of aryl methyl sites for hydroxylation is 1. The maximum atomic E-state index is 12.0. The van der Waals surface area contributed by atoms with Crippen molar-refractivity contribution in [1.82, 2.24) is 4.90 Å². The topological polar surface area (TPSA) is 46.6 Å². The molecule has 0 bridgehead atoms. The maximum absolute atomic E-state index is 12.0. The third-order valence-corrected chi connectivity index (χ3v) is 3.92.